The van der Waals surface area contributed by atoms with Crippen molar-refractivity contribution < 1.29 is 0 Å². The highest BCUT2D eigenvalue weighted by atomic mass is 16.1. The predicted octanol–water partition coefficient (Wildman–Crippen LogP) is 0.836. The fourth-order valence-corrected chi connectivity index (χ4v) is 3.31. The van der Waals surface area contributed by atoms with E-state index >= 15 is 0 Å². The van der Waals surface area contributed by atoms with Crippen LogP contribution in [0.4, 0.5) is 5.82 Å². The van der Waals surface area contributed by atoms with Crippen LogP contribution < -0.4 is 10.6 Å². The number of aromatic nitrogens is 6. The van der Waals surface area contributed by atoms with Gasteiger partial charge in [0.15, 0.2) is 11.5 Å². The first-order valence-corrected chi connectivity index (χ1v) is 9.43. The largest absolute Gasteiger partial charge is 0.352 e. The predicted molar refractivity (Wildman–Crippen MR) is 106 cm³/mol. The molecule has 0 bridgehead atoms. The average Bonchev–Trinajstić information content (AvgIpc) is 3.00. The standard InChI is InChI=1S/C19H26N8O/c1-19(2,3)17-22-21-15-6-7-16(23-27(15)17)26-11-14(12-26)25(5)10-13-8-9-24(4)18(28)20-13/h6-9,14H,10-12H2,1-5H3. The van der Waals surface area contributed by atoms with Gasteiger partial charge in [-0.2, -0.15) is 9.50 Å². The lowest BCUT2D eigenvalue weighted by Crippen LogP contribution is -2.58. The highest BCUT2D eigenvalue weighted by Crippen LogP contribution is 2.25. The Balaban J connectivity index is 1.44. The lowest BCUT2D eigenvalue weighted by Gasteiger charge is -2.44. The molecule has 3 aromatic heterocycles. The third-order valence-electron chi connectivity index (χ3n) is 5.17. The molecule has 9 heteroatoms. The molecule has 0 aromatic carbocycles. The third kappa shape index (κ3) is 3.37. The molecular weight excluding hydrogens is 356 g/mol. The van der Waals surface area contributed by atoms with Gasteiger partial charge in [0.05, 0.1) is 5.69 Å². The second-order valence-electron chi connectivity index (χ2n) is 8.52. The zero-order valence-electron chi connectivity index (χ0n) is 17.0. The molecule has 0 radical (unpaired) electrons. The second-order valence-corrected chi connectivity index (χ2v) is 8.52. The molecule has 0 spiro atoms. The molecule has 148 valence electrons. The van der Waals surface area contributed by atoms with Crippen LogP contribution in [0, 0.1) is 0 Å². The number of fused-ring (bicyclic) bond motifs is 1. The summed E-state index contributed by atoms with van der Waals surface area (Å²) in [5.41, 5.74) is 1.22. The van der Waals surface area contributed by atoms with E-state index in [1.807, 2.05) is 22.7 Å². The Morgan fingerprint density at radius 3 is 2.61 bits per heavy atom. The number of hydrogen-bond donors (Lipinski definition) is 0. The molecule has 0 saturated carbocycles. The Labute approximate surface area is 163 Å². The first kappa shape index (κ1) is 18.5. The Bertz CT molecular complexity index is 1060. The van der Waals surface area contributed by atoms with Crippen LogP contribution in [-0.2, 0) is 19.0 Å². The van der Waals surface area contributed by atoms with Gasteiger partial charge in [0.2, 0.25) is 0 Å². The summed E-state index contributed by atoms with van der Waals surface area (Å²) in [5.74, 6) is 1.78. The fourth-order valence-electron chi connectivity index (χ4n) is 3.31. The Morgan fingerprint density at radius 2 is 1.93 bits per heavy atom. The van der Waals surface area contributed by atoms with Gasteiger partial charge in [-0.3, -0.25) is 4.90 Å². The Hall–Kier alpha value is -2.81. The average molecular weight is 382 g/mol. The lowest BCUT2D eigenvalue weighted by molar-refractivity contribution is 0.194. The van der Waals surface area contributed by atoms with Crippen molar-refractivity contribution in [3.05, 3.63) is 46.4 Å². The summed E-state index contributed by atoms with van der Waals surface area (Å²) in [7, 11) is 3.77. The van der Waals surface area contributed by atoms with Gasteiger partial charge in [-0.25, -0.2) is 4.79 Å². The van der Waals surface area contributed by atoms with Crippen LogP contribution in [0.5, 0.6) is 0 Å². The van der Waals surface area contributed by atoms with E-state index in [9.17, 15) is 4.79 Å². The van der Waals surface area contributed by atoms with E-state index in [1.165, 1.54) is 4.57 Å². The van der Waals surface area contributed by atoms with Crippen LogP contribution in [0.3, 0.4) is 0 Å². The van der Waals surface area contributed by atoms with E-state index in [1.54, 1.807) is 13.2 Å². The summed E-state index contributed by atoms with van der Waals surface area (Å²) in [6.45, 7) is 8.74. The van der Waals surface area contributed by atoms with Crippen molar-refractivity contribution in [2.75, 3.05) is 25.0 Å². The fraction of sp³-hybridized carbons (Fsp3) is 0.526. The maximum atomic E-state index is 11.7. The number of aryl methyl sites for hydroxylation is 1. The normalized spacial score (nSPS) is 15.4. The zero-order valence-corrected chi connectivity index (χ0v) is 17.0. The summed E-state index contributed by atoms with van der Waals surface area (Å²) in [6, 6.07) is 6.25. The minimum atomic E-state index is -0.220. The molecule has 4 heterocycles. The van der Waals surface area contributed by atoms with Gasteiger partial charge < -0.3 is 9.47 Å². The molecule has 1 aliphatic heterocycles. The molecule has 0 aliphatic carbocycles. The topological polar surface area (TPSA) is 84.5 Å². The van der Waals surface area contributed by atoms with Gasteiger partial charge in [0, 0.05) is 44.3 Å². The number of hydrogen-bond acceptors (Lipinski definition) is 7. The van der Waals surface area contributed by atoms with Crippen LogP contribution in [-0.4, -0.2) is 60.4 Å². The molecule has 0 N–H and O–H groups in total. The molecule has 28 heavy (non-hydrogen) atoms. The maximum absolute atomic E-state index is 11.7. The number of anilines is 1. The summed E-state index contributed by atoms with van der Waals surface area (Å²) >= 11 is 0. The Kier molecular flexibility index (Phi) is 4.41. The summed E-state index contributed by atoms with van der Waals surface area (Å²) in [5, 5.41) is 13.3. The quantitative estimate of drug-likeness (QED) is 0.661. The second kappa shape index (κ2) is 6.66. The van der Waals surface area contributed by atoms with Crippen LogP contribution in [0.15, 0.2) is 29.2 Å². The van der Waals surface area contributed by atoms with Crippen LogP contribution in [0.1, 0.15) is 32.3 Å². The molecule has 0 amide bonds. The molecule has 1 aliphatic rings. The van der Waals surface area contributed by atoms with Gasteiger partial charge in [-0.05, 0) is 25.2 Å². The minimum Gasteiger partial charge on any atom is -0.352 e. The van der Waals surface area contributed by atoms with Crippen molar-refractivity contribution in [3.63, 3.8) is 0 Å². The van der Waals surface area contributed by atoms with E-state index in [2.05, 4.69) is 52.8 Å². The summed E-state index contributed by atoms with van der Waals surface area (Å²) in [4.78, 5) is 20.3. The maximum Gasteiger partial charge on any atom is 0.347 e. The van der Waals surface area contributed by atoms with E-state index in [0.29, 0.717) is 12.6 Å². The summed E-state index contributed by atoms with van der Waals surface area (Å²) in [6.07, 6.45) is 1.76. The van der Waals surface area contributed by atoms with E-state index < -0.39 is 0 Å². The van der Waals surface area contributed by atoms with Crippen molar-refractivity contribution in [2.24, 2.45) is 7.05 Å². The SMILES string of the molecule is CN(Cc1ccn(C)c(=O)n1)C1CN(c2ccc3nnc(C(C)(C)C)n3n2)C1. The highest BCUT2D eigenvalue weighted by molar-refractivity contribution is 5.48. The molecule has 1 fully saturated rings. The van der Waals surface area contributed by atoms with Crippen LogP contribution in [0.25, 0.3) is 5.65 Å². The number of likely N-dealkylation sites (N-methyl/N-ethyl adjacent to an activating group) is 1. The van der Waals surface area contributed by atoms with Gasteiger partial charge in [0.25, 0.3) is 0 Å². The van der Waals surface area contributed by atoms with E-state index in [0.717, 1.165) is 36.1 Å². The van der Waals surface area contributed by atoms with Crippen LogP contribution >= 0.6 is 0 Å². The smallest absolute Gasteiger partial charge is 0.347 e. The number of nitrogens with zero attached hydrogens (tertiary/aromatic N) is 8. The van der Waals surface area contributed by atoms with Crippen molar-refractivity contribution >= 4 is 11.5 Å². The molecule has 0 unspecified atom stereocenters. The monoisotopic (exact) mass is 382 g/mol. The first-order chi connectivity index (χ1) is 13.2. The molecule has 0 atom stereocenters. The lowest BCUT2D eigenvalue weighted by atomic mass is 9.96. The van der Waals surface area contributed by atoms with Crippen LogP contribution in [0.2, 0.25) is 0 Å². The molecule has 4 rings (SSSR count). The van der Waals surface area contributed by atoms with Gasteiger partial charge >= 0.3 is 5.69 Å². The van der Waals surface area contributed by atoms with Crippen molar-refractivity contribution in [2.45, 2.75) is 38.8 Å². The van der Waals surface area contributed by atoms with E-state index in [4.69, 9.17) is 5.10 Å². The van der Waals surface area contributed by atoms with Gasteiger partial charge in [-0.1, -0.05) is 20.8 Å². The first-order valence-electron chi connectivity index (χ1n) is 9.43. The van der Waals surface area contributed by atoms with Crippen molar-refractivity contribution in [3.8, 4) is 0 Å². The molecular formula is C19H26N8O. The van der Waals surface area contributed by atoms with Gasteiger partial charge in [0.1, 0.15) is 5.82 Å². The zero-order chi connectivity index (χ0) is 20.1. The third-order valence-corrected chi connectivity index (χ3v) is 5.17. The highest BCUT2D eigenvalue weighted by Gasteiger charge is 2.32. The Morgan fingerprint density at radius 1 is 1.18 bits per heavy atom. The number of rotatable bonds is 4. The molecule has 1 saturated heterocycles. The molecule has 9 nitrogen and oxygen atoms in total. The van der Waals surface area contributed by atoms with E-state index in [-0.39, 0.29) is 11.1 Å². The van der Waals surface area contributed by atoms with Crippen molar-refractivity contribution in [1.82, 2.24) is 34.3 Å². The minimum absolute atomic E-state index is 0.123. The molecule has 3 aromatic rings. The van der Waals surface area contributed by atoms with Gasteiger partial charge in [-0.15, -0.1) is 15.3 Å². The van der Waals surface area contributed by atoms with Crippen molar-refractivity contribution in [1.29, 1.82) is 0 Å². The summed E-state index contributed by atoms with van der Waals surface area (Å²) < 4.78 is 3.32.